The number of anilines is 1. The van der Waals surface area contributed by atoms with Gasteiger partial charge in [0.15, 0.2) is 5.82 Å². The van der Waals surface area contributed by atoms with E-state index in [-0.39, 0.29) is 22.4 Å². The first kappa shape index (κ1) is 19.2. The van der Waals surface area contributed by atoms with Gasteiger partial charge < -0.3 is 9.26 Å². The molecule has 0 spiro atoms. The highest BCUT2D eigenvalue weighted by Crippen LogP contribution is 2.24. The van der Waals surface area contributed by atoms with Gasteiger partial charge in [0.1, 0.15) is 21.6 Å². The van der Waals surface area contributed by atoms with E-state index in [1.807, 2.05) is 30.3 Å². The second-order valence-corrected chi connectivity index (χ2v) is 7.95. The molecule has 0 aliphatic carbocycles. The summed E-state index contributed by atoms with van der Waals surface area (Å²) in [5.41, 5.74) is 0. The number of ether oxygens (including phenoxy) is 1. The number of hydrogen-bond donors (Lipinski definition) is 0. The van der Waals surface area contributed by atoms with Crippen LogP contribution in [-0.2, 0) is 10.0 Å². The van der Waals surface area contributed by atoms with Gasteiger partial charge in [0.2, 0.25) is 0 Å². The van der Waals surface area contributed by atoms with Crippen LogP contribution in [0.15, 0.2) is 64.1 Å². The van der Waals surface area contributed by atoms with E-state index in [1.165, 1.54) is 22.6 Å². The van der Waals surface area contributed by atoms with E-state index < -0.39 is 10.0 Å². The maximum atomic E-state index is 13.0. The highest BCUT2D eigenvalue weighted by molar-refractivity contribution is 7.92. The number of hydrogen-bond acceptors (Lipinski definition) is 6. The first-order valence-corrected chi connectivity index (χ1v) is 10.0. The summed E-state index contributed by atoms with van der Waals surface area (Å²) >= 11 is 5.76. The lowest BCUT2D eigenvalue weighted by molar-refractivity contribution is 0.313. The van der Waals surface area contributed by atoms with Gasteiger partial charge in [-0.05, 0) is 31.2 Å². The fraction of sp³-hybridized carbons (Fsp3) is 0.222. The molecule has 27 heavy (non-hydrogen) atoms. The van der Waals surface area contributed by atoms with Crippen LogP contribution in [0.4, 0.5) is 5.82 Å². The molecule has 0 N–H and O–H groups in total. The highest BCUT2D eigenvalue weighted by atomic mass is 35.5. The zero-order chi connectivity index (χ0) is 19.3. The Morgan fingerprint density at radius 1 is 1.19 bits per heavy atom. The lowest BCUT2D eigenvalue weighted by Crippen LogP contribution is -2.33. The van der Waals surface area contributed by atoms with Crippen molar-refractivity contribution in [1.82, 2.24) is 10.1 Å². The van der Waals surface area contributed by atoms with Crippen LogP contribution in [-0.4, -0.2) is 31.7 Å². The third kappa shape index (κ3) is 4.78. The molecule has 0 aliphatic heterocycles. The van der Waals surface area contributed by atoms with Gasteiger partial charge in [-0.25, -0.2) is 17.7 Å². The van der Waals surface area contributed by atoms with Gasteiger partial charge in [0.05, 0.1) is 6.61 Å². The zero-order valence-corrected chi connectivity index (χ0v) is 16.2. The van der Waals surface area contributed by atoms with Crippen LogP contribution < -0.4 is 9.04 Å². The van der Waals surface area contributed by atoms with Gasteiger partial charge in [-0.2, -0.15) is 0 Å². The predicted octanol–water partition coefficient (Wildman–Crippen LogP) is 3.70. The van der Waals surface area contributed by atoms with E-state index in [0.29, 0.717) is 18.8 Å². The number of nitrogens with zero attached hydrogens (tertiary/aromatic N) is 3. The van der Waals surface area contributed by atoms with E-state index in [0.717, 1.165) is 5.75 Å². The molecule has 7 nitrogen and oxygen atoms in total. The standard InChI is InChI=1S/C18H18ClN3O4S/c1-14-12-18(21-26-14)22(10-5-11-25-15-6-3-2-4-7-15)27(23,24)16-8-9-17(19)20-13-16/h2-4,6-9,12-13H,5,10-11H2,1H3. The van der Waals surface area contributed by atoms with Crippen LogP contribution in [0.2, 0.25) is 5.15 Å². The van der Waals surface area contributed by atoms with Gasteiger partial charge in [-0.1, -0.05) is 35.0 Å². The number of benzene rings is 1. The first-order chi connectivity index (χ1) is 13.0. The van der Waals surface area contributed by atoms with Crippen molar-refractivity contribution in [3.8, 4) is 5.75 Å². The van der Waals surface area contributed by atoms with Crippen molar-refractivity contribution in [2.75, 3.05) is 17.5 Å². The summed E-state index contributed by atoms with van der Waals surface area (Å²) in [5, 5.41) is 4.06. The number of pyridine rings is 1. The summed E-state index contributed by atoms with van der Waals surface area (Å²) in [6, 6.07) is 13.7. The molecule has 3 rings (SSSR count). The van der Waals surface area contributed by atoms with Crippen molar-refractivity contribution in [1.29, 1.82) is 0 Å². The van der Waals surface area contributed by atoms with Crippen LogP contribution in [0.1, 0.15) is 12.2 Å². The molecule has 9 heteroatoms. The summed E-state index contributed by atoms with van der Waals surface area (Å²) in [6.07, 6.45) is 1.68. The molecule has 0 unspecified atom stereocenters. The molecular weight excluding hydrogens is 390 g/mol. The Morgan fingerprint density at radius 3 is 2.59 bits per heavy atom. The Bertz CT molecular complexity index is 975. The topological polar surface area (TPSA) is 85.5 Å². The SMILES string of the molecule is Cc1cc(N(CCCOc2ccccc2)S(=O)(=O)c2ccc(Cl)nc2)no1. The van der Waals surface area contributed by atoms with Crippen molar-refractivity contribution < 1.29 is 17.7 Å². The molecule has 0 saturated carbocycles. The third-order valence-corrected chi connectivity index (χ3v) is 5.69. The molecule has 0 bridgehead atoms. The molecule has 0 fully saturated rings. The molecule has 0 aliphatic rings. The number of aryl methyl sites for hydroxylation is 1. The largest absolute Gasteiger partial charge is 0.494 e. The van der Waals surface area contributed by atoms with Crippen LogP contribution in [0.3, 0.4) is 0 Å². The normalized spacial score (nSPS) is 11.3. The van der Waals surface area contributed by atoms with E-state index in [2.05, 4.69) is 10.1 Å². The van der Waals surface area contributed by atoms with Crippen molar-refractivity contribution in [2.24, 2.45) is 0 Å². The molecule has 0 atom stereocenters. The highest BCUT2D eigenvalue weighted by Gasteiger charge is 2.27. The summed E-state index contributed by atoms with van der Waals surface area (Å²) < 4.78 is 37.9. The molecule has 1 aromatic carbocycles. The smallest absolute Gasteiger partial charge is 0.267 e. The van der Waals surface area contributed by atoms with Crippen molar-refractivity contribution in [3.63, 3.8) is 0 Å². The van der Waals surface area contributed by atoms with Crippen LogP contribution >= 0.6 is 11.6 Å². The average molecular weight is 408 g/mol. The van der Waals surface area contributed by atoms with E-state index in [9.17, 15) is 8.42 Å². The summed E-state index contributed by atoms with van der Waals surface area (Å²) in [4.78, 5) is 3.88. The molecule has 0 amide bonds. The Balaban J connectivity index is 1.76. The van der Waals surface area contributed by atoms with Gasteiger partial charge in [-0.15, -0.1) is 0 Å². The molecular formula is C18H18ClN3O4S. The minimum atomic E-state index is -3.87. The summed E-state index contributed by atoms with van der Waals surface area (Å²) in [7, 11) is -3.87. The quantitative estimate of drug-likeness (QED) is 0.418. The lowest BCUT2D eigenvalue weighted by Gasteiger charge is -2.21. The zero-order valence-electron chi connectivity index (χ0n) is 14.6. The minimum absolute atomic E-state index is 0.0246. The molecule has 2 heterocycles. The van der Waals surface area contributed by atoms with Crippen molar-refractivity contribution in [2.45, 2.75) is 18.2 Å². The fourth-order valence-corrected chi connectivity index (χ4v) is 3.88. The minimum Gasteiger partial charge on any atom is -0.494 e. The number of sulfonamides is 1. The van der Waals surface area contributed by atoms with Gasteiger partial charge in [-0.3, -0.25) is 0 Å². The molecule has 3 aromatic rings. The number of halogens is 1. The maximum Gasteiger partial charge on any atom is 0.267 e. The van der Waals surface area contributed by atoms with Gasteiger partial charge in [0.25, 0.3) is 10.0 Å². The Labute approximate surface area is 162 Å². The van der Waals surface area contributed by atoms with E-state index in [1.54, 1.807) is 13.0 Å². The number of rotatable bonds is 8. The molecule has 2 aromatic heterocycles. The lowest BCUT2D eigenvalue weighted by atomic mass is 10.3. The fourth-order valence-electron chi connectivity index (χ4n) is 2.39. The Kier molecular flexibility index (Phi) is 5.98. The third-order valence-electron chi connectivity index (χ3n) is 3.68. The maximum absolute atomic E-state index is 13.0. The second kappa shape index (κ2) is 8.41. The van der Waals surface area contributed by atoms with Crippen LogP contribution in [0.25, 0.3) is 0 Å². The Hall–Kier alpha value is -2.58. The van der Waals surface area contributed by atoms with Crippen LogP contribution in [0, 0.1) is 6.92 Å². The monoisotopic (exact) mass is 407 g/mol. The predicted molar refractivity (Wildman–Crippen MR) is 102 cm³/mol. The number of para-hydroxylation sites is 1. The van der Waals surface area contributed by atoms with Crippen molar-refractivity contribution >= 4 is 27.4 Å². The second-order valence-electron chi connectivity index (χ2n) is 5.70. The number of aromatic nitrogens is 2. The van der Waals surface area contributed by atoms with Gasteiger partial charge in [0, 0.05) is 25.2 Å². The molecule has 0 radical (unpaired) electrons. The summed E-state index contributed by atoms with van der Waals surface area (Å²) in [5.74, 6) is 1.45. The van der Waals surface area contributed by atoms with Gasteiger partial charge >= 0.3 is 0 Å². The van der Waals surface area contributed by atoms with E-state index in [4.69, 9.17) is 20.9 Å². The van der Waals surface area contributed by atoms with Crippen molar-refractivity contribution in [3.05, 3.63) is 65.6 Å². The molecule has 0 saturated heterocycles. The van der Waals surface area contributed by atoms with E-state index >= 15 is 0 Å². The summed E-state index contributed by atoms with van der Waals surface area (Å²) in [6.45, 7) is 2.22. The first-order valence-electron chi connectivity index (χ1n) is 8.22. The van der Waals surface area contributed by atoms with Crippen LogP contribution in [0.5, 0.6) is 5.75 Å². The Morgan fingerprint density at radius 2 is 1.96 bits per heavy atom. The molecule has 142 valence electrons. The average Bonchev–Trinajstić information content (AvgIpc) is 3.08.